The van der Waals surface area contributed by atoms with Crippen molar-refractivity contribution in [2.75, 3.05) is 5.32 Å². The summed E-state index contributed by atoms with van der Waals surface area (Å²) in [6, 6.07) is 19.6. The number of nitrogens with zero attached hydrogens (tertiary/aromatic N) is 2. The Morgan fingerprint density at radius 1 is 0.885 bits per heavy atom. The molecule has 4 nitrogen and oxygen atoms in total. The molecule has 0 atom stereocenters. The van der Waals surface area contributed by atoms with E-state index in [4.69, 9.17) is 4.74 Å². The third kappa shape index (κ3) is 3.98. The Balaban J connectivity index is 1.49. The molecule has 0 saturated carbocycles. The van der Waals surface area contributed by atoms with Crippen LogP contribution in [0.2, 0.25) is 0 Å². The van der Waals surface area contributed by atoms with Gasteiger partial charge in [0.2, 0.25) is 0 Å². The maximum Gasteiger partial charge on any atom is 0.134 e. The monoisotopic (exact) mass is 340 g/mol. The molecule has 26 heavy (non-hydrogen) atoms. The molecule has 1 N–H and O–H groups in total. The highest BCUT2D eigenvalue weighted by Gasteiger charge is 2.05. The van der Waals surface area contributed by atoms with Crippen LogP contribution in [-0.4, -0.2) is 9.97 Å². The van der Waals surface area contributed by atoms with Crippen LogP contribution >= 0.6 is 0 Å². The van der Waals surface area contributed by atoms with Gasteiger partial charge in [0.25, 0.3) is 0 Å². The fraction of sp³-hybridized carbons (Fsp3) is 0.0455. The van der Waals surface area contributed by atoms with E-state index in [9.17, 15) is 0 Å². The lowest BCUT2D eigenvalue weighted by molar-refractivity contribution is 0.483. The summed E-state index contributed by atoms with van der Waals surface area (Å²) in [5, 5.41) is 3.31. The fourth-order valence-corrected chi connectivity index (χ4v) is 2.66. The van der Waals surface area contributed by atoms with Crippen LogP contribution in [0.5, 0.6) is 11.5 Å². The van der Waals surface area contributed by atoms with E-state index in [1.54, 1.807) is 6.33 Å². The smallest absolute Gasteiger partial charge is 0.134 e. The quantitative estimate of drug-likeness (QED) is 0.676. The van der Waals surface area contributed by atoms with Crippen molar-refractivity contribution in [3.05, 3.63) is 97.3 Å². The largest absolute Gasteiger partial charge is 0.457 e. The lowest BCUT2D eigenvalue weighted by atomic mass is 10.1. The zero-order chi connectivity index (χ0) is 17.6. The van der Waals surface area contributed by atoms with Gasteiger partial charge in [0, 0.05) is 17.3 Å². The molecule has 0 unspecified atom stereocenters. The maximum absolute atomic E-state index is 5.83. The first-order valence-corrected chi connectivity index (χ1v) is 8.49. The predicted molar refractivity (Wildman–Crippen MR) is 104 cm³/mol. The standard InChI is InChI=1S/C22H18N3O/c1-3-7-18(8-4-1)25-22-15-21(23-16-24-22)17-11-13-20(14-12-17)26-19-9-5-2-6-10-19/h1-3,5-16H,4H2,(H,23,24,25). The minimum atomic E-state index is 0.775. The van der Waals surface area contributed by atoms with Crippen molar-refractivity contribution in [1.29, 1.82) is 0 Å². The van der Waals surface area contributed by atoms with E-state index in [2.05, 4.69) is 27.8 Å². The summed E-state index contributed by atoms with van der Waals surface area (Å²) < 4.78 is 5.83. The van der Waals surface area contributed by atoms with Crippen LogP contribution in [-0.2, 0) is 0 Å². The first-order chi connectivity index (χ1) is 12.9. The molecule has 3 aromatic rings. The van der Waals surface area contributed by atoms with Crippen LogP contribution in [0, 0.1) is 6.42 Å². The first kappa shape index (κ1) is 16.1. The van der Waals surface area contributed by atoms with Crippen LogP contribution in [0.1, 0.15) is 6.42 Å². The molecule has 4 heteroatoms. The Labute approximate surface area is 152 Å². The van der Waals surface area contributed by atoms with E-state index in [0.29, 0.717) is 0 Å². The summed E-state index contributed by atoms with van der Waals surface area (Å²) in [4.78, 5) is 8.68. The van der Waals surface area contributed by atoms with E-state index in [1.165, 1.54) is 0 Å². The molecule has 127 valence electrons. The van der Waals surface area contributed by atoms with Gasteiger partial charge < -0.3 is 10.1 Å². The van der Waals surface area contributed by atoms with Gasteiger partial charge in [0.15, 0.2) is 0 Å². The molecule has 0 spiro atoms. The Morgan fingerprint density at radius 3 is 2.46 bits per heavy atom. The molecule has 1 radical (unpaired) electrons. The number of rotatable bonds is 5. The summed E-state index contributed by atoms with van der Waals surface area (Å²) in [6.45, 7) is 0. The minimum Gasteiger partial charge on any atom is -0.457 e. The molecule has 1 heterocycles. The number of ether oxygens (including phenoxy) is 1. The van der Waals surface area contributed by atoms with Gasteiger partial charge in [-0.05, 0) is 55.3 Å². The Hall–Kier alpha value is -3.40. The van der Waals surface area contributed by atoms with Crippen molar-refractivity contribution in [3.8, 4) is 22.8 Å². The zero-order valence-corrected chi connectivity index (χ0v) is 14.2. The minimum absolute atomic E-state index is 0.775. The number of aromatic nitrogens is 2. The second-order valence-corrected chi connectivity index (χ2v) is 5.84. The average Bonchev–Trinajstić information content (AvgIpc) is 2.70. The topological polar surface area (TPSA) is 47.0 Å². The van der Waals surface area contributed by atoms with Crippen LogP contribution in [0.3, 0.4) is 0 Å². The van der Waals surface area contributed by atoms with Crippen molar-refractivity contribution in [2.24, 2.45) is 0 Å². The predicted octanol–water partition coefficient (Wildman–Crippen LogP) is 5.40. The van der Waals surface area contributed by atoms with Crippen molar-refractivity contribution in [3.63, 3.8) is 0 Å². The number of allylic oxidation sites excluding steroid dienone is 3. The molecule has 4 rings (SSSR count). The van der Waals surface area contributed by atoms with Gasteiger partial charge in [-0.2, -0.15) is 0 Å². The van der Waals surface area contributed by atoms with E-state index in [-0.39, 0.29) is 0 Å². The molecule has 0 bridgehead atoms. The van der Waals surface area contributed by atoms with E-state index in [1.807, 2.05) is 72.8 Å². The summed E-state index contributed by atoms with van der Waals surface area (Å²) in [6.07, 6.45) is 10.8. The Bertz CT molecular complexity index is 931. The second-order valence-electron chi connectivity index (χ2n) is 5.84. The van der Waals surface area contributed by atoms with Crippen molar-refractivity contribution in [2.45, 2.75) is 6.42 Å². The number of para-hydroxylation sites is 1. The molecule has 1 aliphatic rings. The molecule has 0 aliphatic heterocycles. The fourth-order valence-electron chi connectivity index (χ4n) is 2.66. The second kappa shape index (κ2) is 7.66. The molecule has 1 aliphatic carbocycles. The normalized spacial score (nSPS) is 13.2. The summed E-state index contributed by atoms with van der Waals surface area (Å²) in [5.41, 5.74) is 2.92. The van der Waals surface area contributed by atoms with Crippen LogP contribution < -0.4 is 10.1 Å². The van der Waals surface area contributed by atoms with E-state index >= 15 is 0 Å². The highest BCUT2D eigenvalue weighted by molar-refractivity contribution is 5.64. The van der Waals surface area contributed by atoms with E-state index < -0.39 is 0 Å². The Morgan fingerprint density at radius 2 is 1.69 bits per heavy atom. The third-order valence-corrected chi connectivity index (χ3v) is 3.95. The molecule has 0 amide bonds. The summed E-state index contributed by atoms with van der Waals surface area (Å²) >= 11 is 0. The number of anilines is 1. The van der Waals surface area contributed by atoms with Crippen LogP contribution in [0.15, 0.2) is 90.9 Å². The average molecular weight is 340 g/mol. The van der Waals surface area contributed by atoms with Crippen molar-refractivity contribution < 1.29 is 4.74 Å². The summed E-state index contributed by atoms with van der Waals surface area (Å²) in [5.74, 6) is 2.39. The van der Waals surface area contributed by atoms with Gasteiger partial charge in [-0.3, -0.25) is 0 Å². The molecular formula is C22H18N3O. The number of hydrogen-bond donors (Lipinski definition) is 1. The Kier molecular flexibility index (Phi) is 4.74. The molecule has 0 saturated heterocycles. The maximum atomic E-state index is 5.83. The highest BCUT2D eigenvalue weighted by atomic mass is 16.5. The van der Waals surface area contributed by atoms with Gasteiger partial charge in [0.1, 0.15) is 23.6 Å². The van der Waals surface area contributed by atoms with Crippen LogP contribution in [0.4, 0.5) is 5.82 Å². The molecular weight excluding hydrogens is 322 g/mol. The van der Waals surface area contributed by atoms with Gasteiger partial charge in [-0.1, -0.05) is 30.4 Å². The van der Waals surface area contributed by atoms with Gasteiger partial charge >= 0.3 is 0 Å². The SMILES string of the molecule is [CH]1C=CC(Nc2cc(-c3ccc(Oc4ccccc4)cc3)ncn2)=CC1. The highest BCUT2D eigenvalue weighted by Crippen LogP contribution is 2.25. The zero-order valence-electron chi connectivity index (χ0n) is 14.2. The van der Waals surface area contributed by atoms with E-state index in [0.717, 1.165) is 40.7 Å². The van der Waals surface area contributed by atoms with Crippen LogP contribution in [0.25, 0.3) is 11.3 Å². The molecule has 1 aromatic heterocycles. The summed E-state index contributed by atoms with van der Waals surface area (Å²) in [7, 11) is 0. The lowest BCUT2D eigenvalue weighted by Crippen LogP contribution is -2.02. The van der Waals surface area contributed by atoms with Gasteiger partial charge in [0.05, 0.1) is 5.69 Å². The molecule has 2 aromatic carbocycles. The number of nitrogens with one attached hydrogen (secondary N) is 1. The van der Waals surface area contributed by atoms with Crippen molar-refractivity contribution in [1.82, 2.24) is 9.97 Å². The van der Waals surface area contributed by atoms with Gasteiger partial charge in [-0.15, -0.1) is 0 Å². The molecule has 0 fully saturated rings. The lowest BCUT2D eigenvalue weighted by Gasteiger charge is -2.10. The number of hydrogen-bond acceptors (Lipinski definition) is 4. The first-order valence-electron chi connectivity index (χ1n) is 8.49. The van der Waals surface area contributed by atoms with Gasteiger partial charge in [-0.25, -0.2) is 9.97 Å². The van der Waals surface area contributed by atoms with Crippen molar-refractivity contribution >= 4 is 5.82 Å². The third-order valence-electron chi connectivity index (χ3n) is 3.95. The number of benzene rings is 2.